The second-order valence-electron chi connectivity index (χ2n) is 4.20. The molecule has 0 aliphatic carbocycles. The Hall–Kier alpha value is -1.20. The molecule has 0 amide bonds. The summed E-state index contributed by atoms with van der Waals surface area (Å²) in [5.74, 6) is 0.128. The fourth-order valence-electron chi connectivity index (χ4n) is 1.46. The van der Waals surface area contributed by atoms with Crippen molar-refractivity contribution in [2.75, 3.05) is 7.11 Å². The Morgan fingerprint density at radius 1 is 1.17 bits per heavy atom. The average molecular weight is 387 g/mol. The number of hydrogen-bond acceptors (Lipinski definition) is 4. The summed E-state index contributed by atoms with van der Waals surface area (Å²) >= 11 is 5.69. The molecule has 0 aliphatic heterocycles. The van der Waals surface area contributed by atoms with Gasteiger partial charge in [-0.05, 0) is 17.7 Å². The number of benzene rings is 1. The van der Waals surface area contributed by atoms with Crippen LogP contribution in [0.5, 0.6) is 5.75 Å². The van der Waals surface area contributed by atoms with Crippen molar-refractivity contribution in [2.45, 2.75) is 24.2 Å². The third-order valence-corrected chi connectivity index (χ3v) is 3.88. The summed E-state index contributed by atoms with van der Waals surface area (Å²) in [7, 11) is -5.15. The van der Waals surface area contributed by atoms with Crippen molar-refractivity contribution in [3.8, 4) is 5.75 Å². The van der Waals surface area contributed by atoms with Gasteiger partial charge < -0.3 is 4.74 Å². The van der Waals surface area contributed by atoms with Gasteiger partial charge in [0.15, 0.2) is 6.10 Å². The predicted molar refractivity (Wildman–Crippen MR) is 67.6 cm³/mol. The Bertz CT molecular complexity index is 655. The van der Waals surface area contributed by atoms with E-state index in [1.807, 2.05) is 0 Å². The van der Waals surface area contributed by atoms with E-state index in [1.165, 1.54) is 13.2 Å². The molecule has 0 aliphatic rings. The number of alkyl halides is 6. The molecule has 1 rings (SSSR count). The number of ether oxygens (including phenoxy) is 1. The van der Waals surface area contributed by atoms with Crippen molar-refractivity contribution in [3.05, 3.63) is 28.8 Å². The summed E-state index contributed by atoms with van der Waals surface area (Å²) < 4.78 is 104. The number of methoxy groups -OCH3 is 1. The Labute approximate surface area is 132 Å². The SMILES string of the molecule is COc1ccc(C[C@H](OS(=O)(=O)C(F)(F)F)C(F)(F)F)cc1Cl. The van der Waals surface area contributed by atoms with E-state index in [4.69, 9.17) is 16.3 Å². The van der Waals surface area contributed by atoms with Crippen molar-refractivity contribution in [1.82, 2.24) is 0 Å². The van der Waals surface area contributed by atoms with E-state index in [0.717, 1.165) is 12.1 Å². The fraction of sp³-hybridized carbons (Fsp3) is 0.455. The standard InChI is InChI=1S/C11H9ClF6O4S/c1-21-8-3-2-6(4-7(8)12)5-9(10(13,14)15)22-23(19,20)11(16,17)18/h2-4,9H,5H2,1H3/t9-/m0/s1. The summed E-state index contributed by atoms with van der Waals surface area (Å²) in [4.78, 5) is 0. The minimum Gasteiger partial charge on any atom is -0.495 e. The maximum Gasteiger partial charge on any atom is 0.523 e. The Kier molecular flexibility index (Phi) is 5.81. The Balaban J connectivity index is 3.08. The molecule has 0 saturated carbocycles. The fourth-order valence-corrected chi connectivity index (χ4v) is 2.34. The summed E-state index contributed by atoms with van der Waals surface area (Å²) in [5.41, 5.74) is -6.15. The van der Waals surface area contributed by atoms with Crippen molar-refractivity contribution in [1.29, 1.82) is 0 Å². The average Bonchev–Trinajstić information content (AvgIpc) is 2.35. The Morgan fingerprint density at radius 3 is 2.13 bits per heavy atom. The highest BCUT2D eigenvalue weighted by Crippen LogP contribution is 2.34. The van der Waals surface area contributed by atoms with Crippen LogP contribution >= 0.6 is 11.6 Å². The maximum absolute atomic E-state index is 12.8. The molecule has 0 heterocycles. The van der Waals surface area contributed by atoms with Gasteiger partial charge in [-0.2, -0.15) is 34.8 Å². The van der Waals surface area contributed by atoms with Gasteiger partial charge in [-0.25, -0.2) is 4.18 Å². The van der Waals surface area contributed by atoms with Crippen LogP contribution in [0, 0.1) is 0 Å². The summed E-state index contributed by atoms with van der Waals surface area (Å²) in [5, 5.41) is -0.0930. The molecule has 0 unspecified atom stereocenters. The van der Waals surface area contributed by atoms with Gasteiger partial charge in [-0.3, -0.25) is 0 Å². The smallest absolute Gasteiger partial charge is 0.495 e. The number of halogens is 7. The van der Waals surface area contributed by atoms with E-state index in [9.17, 15) is 34.8 Å². The molecule has 23 heavy (non-hydrogen) atoms. The normalized spacial score (nSPS) is 14.6. The third kappa shape index (κ3) is 5.15. The van der Waals surface area contributed by atoms with Gasteiger partial charge in [-0.1, -0.05) is 17.7 Å². The van der Waals surface area contributed by atoms with E-state index >= 15 is 0 Å². The van der Waals surface area contributed by atoms with Gasteiger partial charge in [0.1, 0.15) is 5.75 Å². The van der Waals surface area contributed by atoms with Gasteiger partial charge in [0.05, 0.1) is 12.1 Å². The largest absolute Gasteiger partial charge is 0.523 e. The first-order valence-electron chi connectivity index (χ1n) is 5.66. The quantitative estimate of drug-likeness (QED) is 0.440. The van der Waals surface area contributed by atoms with Gasteiger partial charge in [0.25, 0.3) is 0 Å². The lowest BCUT2D eigenvalue weighted by Gasteiger charge is -2.21. The molecule has 12 heteroatoms. The first-order chi connectivity index (χ1) is 10.3. The van der Waals surface area contributed by atoms with Crippen molar-refractivity contribution in [2.24, 2.45) is 0 Å². The second kappa shape index (κ2) is 6.73. The number of hydrogen-bond donors (Lipinski definition) is 0. The topological polar surface area (TPSA) is 52.6 Å². The molecule has 1 aromatic rings. The molecule has 1 atom stereocenters. The third-order valence-electron chi connectivity index (χ3n) is 2.53. The minimum atomic E-state index is -6.40. The Morgan fingerprint density at radius 2 is 1.74 bits per heavy atom. The number of rotatable bonds is 5. The van der Waals surface area contributed by atoms with E-state index < -0.39 is 34.3 Å². The summed E-state index contributed by atoms with van der Waals surface area (Å²) in [6.45, 7) is 0. The van der Waals surface area contributed by atoms with E-state index in [1.54, 1.807) is 0 Å². The molecule has 0 fully saturated rings. The van der Waals surface area contributed by atoms with Crippen LogP contribution in [-0.4, -0.2) is 33.3 Å². The minimum absolute atomic E-state index is 0.0930. The van der Waals surface area contributed by atoms with Gasteiger partial charge in [0, 0.05) is 6.42 Å². The molecular formula is C11H9ClF6O4S. The maximum atomic E-state index is 12.8. The molecule has 0 radical (unpaired) electrons. The zero-order valence-electron chi connectivity index (χ0n) is 11.2. The van der Waals surface area contributed by atoms with Crippen LogP contribution in [0.15, 0.2) is 18.2 Å². The molecule has 0 saturated heterocycles. The lowest BCUT2D eigenvalue weighted by molar-refractivity contribution is -0.196. The molecule has 0 bridgehead atoms. The van der Waals surface area contributed by atoms with E-state index in [2.05, 4.69) is 4.18 Å². The van der Waals surface area contributed by atoms with Gasteiger partial charge in [-0.15, -0.1) is 0 Å². The molecular weight excluding hydrogens is 378 g/mol. The molecule has 0 aromatic heterocycles. The summed E-state index contributed by atoms with van der Waals surface area (Å²) in [6.07, 6.45) is -9.73. The van der Waals surface area contributed by atoms with Gasteiger partial charge >= 0.3 is 21.8 Å². The molecule has 1 aromatic carbocycles. The molecule has 132 valence electrons. The lowest BCUT2D eigenvalue weighted by Crippen LogP contribution is -2.39. The van der Waals surface area contributed by atoms with Crippen molar-refractivity contribution >= 4 is 21.7 Å². The van der Waals surface area contributed by atoms with Crippen LogP contribution in [0.25, 0.3) is 0 Å². The van der Waals surface area contributed by atoms with Crippen LogP contribution in [0.2, 0.25) is 5.02 Å². The second-order valence-corrected chi connectivity index (χ2v) is 6.17. The lowest BCUT2D eigenvalue weighted by atomic mass is 10.1. The molecule has 0 spiro atoms. The molecule has 0 N–H and O–H groups in total. The van der Waals surface area contributed by atoms with Crippen molar-refractivity contribution < 1.29 is 43.7 Å². The van der Waals surface area contributed by atoms with Crippen LogP contribution < -0.4 is 4.74 Å². The van der Waals surface area contributed by atoms with Crippen LogP contribution in [0.1, 0.15) is 5.56 Å². The first-order valence-corrected chi connectivity index (χ1v) is 7.45. The summed E-state index contributed by atoms with van der Waals surface area (Å²) in [6, 6.07) is 3.28. The van der Waals surface area contributed by atoms with Gasteiger partial charge in [0.2, 0.25) is 0 Å². The first kappa shape index (κ1) is 19.8. The van der Waals surface area contributed by atoms with Crippen LogP contribution in [-0.2, 0) is 20.7 Å². The highest BCUT2D eigenvalue weighted by molar-refractivity contribution is 7.87. The highest BCUT2D eigenvalue weighted by atomic mass is 35.5. The van der Waals surface area contributed by atoms with Crippen LogP contribution in [0.3, 0.4) is 0 Å². The van der Waals surface area contributed by atoms with E-state index in [-0.39, 0.29) is 16.3 Å². The molecule has 4 nitrogen and oxygen atoms in total. The predicted octanol–water partition coefficient (Wildman–Crippen LogP) is 3.69. The highest BCUT2D eigenvalue weighted by Gasteiger charge is 2.53. The monoisotopic (exact) mass is 386 g/mol. The van der Waals surface area contributed by atoms with E-state index in [0.29, 0.717) is 0 Å². The zero-order valence-corrected chi connectivity index (χ0v) is 12.8. The zero-order chi connectivity index (χ0) is 18.1. The van der Waals surface area contributed by atoms with Crippen molar-refractivity contribution in [3.63, 3.8) is 0 Å². The van der Waals surface area contributed by atoms with Crippen LogP contribution in [0.4, 0.5) is 26.3 Å².